The molecule has 6 nitrogen and oxygen atoms in total. The van der Waals surface area contributed by atoms with Gasteiger partial charge in [-0.05, 0) is 13.2 Å². The number of nitrogens with zero attached hydrogens (tertiary/aromatic N) is 5. The summed E-state index contributed by atoms with van der Waals surface area (Å²) in [5.74, 6) is 0.995. The summed E-state index contributed by atoms with van der Waals surface area (Å²) < 4.78 is 2.10. The van der Waals surface area contributed by atoms with E-state index in [1.54, 1.807) is 29.4 Å². The molecule has 0 aliphatic carbocycles. The van der Waals surface area contributed by atoms with Gasteiger partial charge in [-0.1, -0.05) is 11.8 Å². The van der Waals surface area contributed by atoms with Gasteiger partial charge in [-0.2, -0.15) is 0 Å². The first-order valence-corrected chi connectivity index (χ1v) is 9.02. The first kappa shape index (κ1) is 15.0. The fourth-order valence-electron chi connectivity index (χ4n) is 2.55. The van der Waals surface area contributed by atoms with Gasteiger partial charge in [-0.25, -0.2) is 15.0 Å². The van der Waals surface area contributed by atoms with E-state index in [1.807, 2.05) is 13.2 Å². The number of rotatable bonds is 4. The predicted octanol–water partition coefficient (Wildman–Crippen LogP) is 1.31. The molecule has 3 rings (SSSR count). The Bertz CT molecular complexity index is 610. The summed E-state index contributed by atoms with van der Waals surface area (Å²) >= 11 is 3.30. The smallest absolute Gasteiger partial charge is 0.176 e. The van der Waals surface area contributed by atoms with Crippen molar-refractivity contribution in [1.29, 1.82) is 0 Å². The maximum atomic E-state index is 9.47. The topological polar surface area (TPSA) is 65.4 Å². The minimum atomic E-state index is -0.270. The van der Waals surface area contributed by atoms with Crippen LogP contribution in [0.15, 0.2) is 10.7 Å². The molecule has 1 fully saturated rings. The minimum absolute atomic E-state index is 0.270. The maximum Gasteiger partial charge on any atom is 0.176 e. The lowest BCUT2D eigenvalue weighted by Crippen LogP contribution is -2.48. The summed E-state index contributed by atoms with van der Waals surface area (Å²) in [6.07, 6.45) is 3.36. The van der Waals surface area contributed by atoms with Crippen LogP contribution < -0.4 is 4.90 Å². The van der Waals surface area contributed by atoms with Crippen LogP contribution in [0.25, 0.3) is 10.3 Å². The number of fused-ring (bicyclic) bond motifs is 1. The highest BCUT2D eigenvalue weighted by atomic mass is 32.2. The molecule has 0 spiro atoms. The molecule has 0 amide bonds. The zero-order chi connectivity index (χ0) is 14.8. The van der Waals surface area contributed by atoms with Crippen LogP contribution in [0.2, 0.25) is 0 Å². The standard InChI is InChI=1S/C13H19N5OS2/c1-9(19)7-17-3-5-18(6-4-17)12-10-11(14-8-15-12)16-13(20-2)21-10/h8-9,19H,3-7H2,1-2H3/t9-/m1/s1. The summed E-state index contributed by atoms with van der Waals surface area (Å²) in [6, 6.07) is 0. The van der Waals surface area contributed by atoms with E-state index in [0.717, 1.165) is 53.2 Å². The minimum Gasteiger partial charge on any atom is -0.392 e. The fraction of sp³-hybridized carbons (Fsp3) is 0.615. The molecule has 2 aromatic heterocycles. The van der Waals surface area contributed by atoms with E-state index in [1.165, 1.54) is 0 Å². The Morgan fingerprint density at radius 1 is 1.33 bits per heavy atom. The third-order valence-corrected chi connectivity index (χ3v) is 5.55. The van der Waals surface area contributed by atoms with Gasteiger partial charge in [0.1, 0.15) is 11.0 Å². The molecule has 1 aliphatic rings. The Kier molecular flexibility index (Phi) is 4.58. The number of anilines is 1. The van der Waals surface area contributed by atoms with Gasteiger partial charge in [-0.3, -0.25) is 4.90 Å². The van der Waals surface area contributed by atoms with Crippen LogP contribution in [-0.4, -0.2) is 70.0 Å². The van der Waals surface area contributed by atoms with Crippen LogP contribution in [0.1, 0.15) is 6.92 Å². The van der Waals surface area contributed by atoms with E-state index in [0.29, 0.717) is 0 Å². The van der Waals surface area contributed by atoms with E-state index in [-0.39, 0.29) is 6.10 Å². The SMILES string of the molecule is CSc1nc2ncnc(N3CCN(C[C@@H](C)O)CC3)c2s1. The predicted molar refractivity (Wildman–Crippen MR) is 87.3 cm³/mol. The number of hydrogen-bond donors (Lipinski definition) is 1. The van der Waals surface area contributed by atoms with E-state index in [9.17, 15) is 5.11 Å². The fourth-order valence-corrected chi connectivity index (χ4v) is 4.08. The number of β-amino-alcohol motifs (C(OH)–C–C–N with tert-alkyl or cyclic N) is 1. The Morgan fingerprint density at radius 2 is 2.10 bits per heavy atom. The highest BCUT2D eigenvalue weighted by molar-refractivity contribution is 8.00. The zero-order valence-corrected chi connectivity index (χ0v) is 13.8. The third kappa shape index (κ3) is 3.28. The van der Waals surface area contributed by atoms with Crippen LogP contribution >= 0.6 is 23.1 Å². The molecule has 0 unspecified atom stereocenters. The highest BCUT2D eigenvalue weighted by Crippen LogP contribution is 2.32. The zero-order valence-electron chi connectivity index (χ0n) is 12.2. The summed E-state index contributed by atoms with van der Waals surface area (Å²) in [4.78, 5) is 17.8. The van der Waals surface area contributed by atoms with Crippen LogP contribution in [-0.2, 0) is 0 Å². The average Bonchev–Trinajstić information content (AvgIpc) is 2.90. The number of piperazine rings is 1. The van der Waals surface area contributed by atoms with Crippen molar-refractivity contribution >= 4 is 39.3 Å². The summed E-state index contributed by atoms with van der Waals surface area (Å²) in [7, 11) is 0. The molecular formula is C13H19N5OS2. The second kappa shape index (κ2) is 6.43. The van der Waals surface area contributed by atoms with Gasteiger partial charge < -0.3 is 10.0 Å². The van der Waals surface area contributed by atoms with E-state index >= 15 is 0 Å². The van der Waals surface area contributed by atoms with Gasteiger partial charge in [0.15, 0.2) is 15.8 Å². The van der Waals surface area contributed by atoms with Crippen molar-refractivity contribution in [2.24, 2.45) is 0 Å². The number of thioether (sulfide) groups is 1. The molecule has 1 saturated heterocycles. The van der Waals surface area contributed by atoms with Crippen LogP contribution in [0.5, 0.6) is 0 Å². The van der Waals surface area contributed by atoms with Crippen molar-refractivity contribution in [1.82, 2.24) is 19.9 Å². The second-order valence-corrected chi connectivity index (χ2v) is 7.22. The second-order valence-electron chi connectivity index (χ2n) is 5.17. The van der Waals surface area contributed by atoms with Gasteiger partial charge in [0.2, 0.25) is 0 Å². The summed E-state index contributed by atoms with van der Waals surface area (Å²) in [5.41, 5.74) is 0.792. The maximum absolute atomic E-state index is 9.47. The Balaban J connectivity index is 1.77. The normalized spacial score (nSPS) is 18.3. The highest BCUT2D eigenvalue weighted by Gasteiger charge is 2.22. The molecule has 3 heterocycles. The Hall–Kier alpha value is -0.960. The molecule has 0 aromatic carbocycles. The molecule has 0 bridgehead atoms. The number of aliphatic hydroxyl groups is 1. The van der Waals surface area contributed by atoms with E-state index in [2.05, 4.69) is 24.8 Å². The molecule has 114 valence electrons. The van der Waals surface area contributed by atoms with Crippen molar-refractivity contribution in [3.63, 3.8) is 0 Å². The van der Waals surface area contributed by atoms with Crippen molar-refractivity contribution in [3.8, 4) is 0 Å². The Labute approximate surface area is 132 Å². The lowest BCUT2D eigenvalue weighted by atomic mass is 10.2. The number of hydrogen-bond acceptors (Lipinski definition) is 8. The van der Waals surface area contributed by atoms with Crippen molar-refractivity contribution in [2.45, 2.75) is 17.4 Å². The molecule has 0 radical (unpaired) electrons. The van der Waals surface area contributed by atoms with Crippen molar-refractivity contribution in [3.05, 3.63) is 6.33 Å². The quantitative estimate of drug-likeness (QED) is 0.850. The van der Waals surface area contributed by atoms with Crippen molar-refractivity contribution in [2.75, 3.05) is 43.9 Å². The first-order chi connectivity index (χ1) is 10.2. The van der Waals surface area contributed by atoms with Gasteiger partial charge in [-0.15, -0.1) is 11.3 Å². The Morgan fingerprint density at radius 3 is 2.76 bits per heavy atom. The molecular weight excluding hydrogens is 306 g/mol. The average molecular weight is 325 g/mol. The molecule has 1 aliphatic heterocycles. The third-order valence-electron chi connectivity index (χ3n) is 3.52. The monoisotopic (exact) mass is 325 g/mol. The first-order valence-electron chi connectivity index (χ1n) is 6.98. The van der Waals surface area contributed by atoms with Gasteiger partial charge in [0.05, 0.1) is 6.10 Å². The molecule has 8 heteroatoms. The molecule has 0 saturated carbocycles. The van der Waals surface area contributed by atoms with Gasteiger partial charge >= 0.3 is 0 Å². The lowest BCUT2D eigenvalue weighted by Gasteiger charge is -2.35. The molecule has 1 N–H and O–H groups in total. The largest absolute Gasteiger partial charge is 0.392 e. The number of aliphatic hydroxyl groups excluding tert-OH is 1. The van der Waals surface area contributed by atoms with Crippen LogP contribution in [0.4, 0.5) is 5.82 Å². The lowest BCUT2D eigenvalue weighted by molar-refractivity contribution is 0.122. The number of aromatic nitrogens is 3. The summed E-state index contributed by atoms with van der Waals surface area (Å²) in [5, 5.41) is 9.47. The van der Waals surface area contributed by atoms with Crippen LogP contribution in [0, 0.1) is 0 Å². The molecule has 21 heavy (non-hydrogen) atoms. The molecule has 2 aromatic rings. The van der Waals surface area contributed by atoms with E-state index < -0.39 is 0 Å². The van der Waals surface area contributed by atoms with Crippen LogP contribution in [0.3, 0.4) is 0 Å². The van der Waals surface area contributed by atoms with Crippen molar-refractivity contribution < 1.29 is 5.11 Å². The van der Waals surface area contributed by atoms with Gasteiger partial charge in [0.25, 0.3) is 0 Å². The summed E-state index contributed by atoms with van der Waals surface area (Å²) in [6.45, 7) is 6.32. The number of thiazole rings is 1. The van der Waals surface area contributed by atoms with Gasteiger partial charge in [0, 0.05) is 32.7 Å². The molecule has 1 atom stereocenters. The van der Waals surface area contributed by atoms with E-state index in [4.69, 9.17) is 0 Å².